The van der Waals surface area contributed by atoms with E-state index in [2.05, 4.69) is 20.2 Å². The van der Waals surface area contributed by atoms with E-state index in [1.807, 2.05) is 36.2 Å². The number of imidazole rings is 1. The molecule has 0 radical (unpaired) electrons. The average molecular weight is 445 g/mol. The summed E-state index contributed by atoms with van der Waals surface area (Å²) in [4.78, 5) is 24.3. The summed E-state index contributed by atoms with van der Waals surface area (Å²) in [5.41, 5.74) is 2.04. The molecule has 6 nitrogen and oxygen atoms in total. The van der Waals surface area contributed by atoms with Gasteiger partial charge in [0.15, 0.2) is 0 Å². The van der Waals surface area contributed by atoms with Crippen LogP contribution in [-0.4, -0.2) is 65.4 Å². The lowest BCUT2D eigenvalue weighted by Crippen LogP contribution is -2.49. The van der Waals surface area contributed by atoms with Gasteiger partial charge < -0.3 is 10.3 Å². The van der Waals surface area contributed by atoms with Crippen LogP contribution < -0.4 is 5.32 Å². The normalized spacial score (nSPS) is 18.2. The first kappa shape index (κ1) is 22.3. The summed E-state index contributed by atoms with van der Waals surface area (Å²) >= 11 is 0. The third-order valence-corrected chi connectivity index (χ3v) is 5.84. The average Bonchev–Trinajstić information content (AvgIpc) is 3.17. The molecule has 2 aromatic carbocycles. The largest absolute Gasteiger partial charge is 0.416 e. The highest BCUT2D eigenvalue weighted by molar-refractivity contribution is 5.78. The first-order valence-corrected chi connectivity index (χ1v) is 10.6. The van der Waals surface area contributed by atoms with Gasteiger partial charge in [-0.1, -0.05) is 24.3 Å². The number of nitrogens with zero attached hydrogens (tertiary/aromatic N) is 3. The lowest BCUT2D eigenvalue weighted by molar-refractivity contribution is -0.137. The molecule has 1 aliphatic rings. The molecular weight excluding hydrogens is 419 g/mol. The second-order valence-electron chi connectivity index (χ2n) is 8.15. The van der Waals surface area contributed by atoms with Crippen LogP contribution >= 0.6 is 0 Å². The number of rotatable bonds is 6. The highest BCUT2D eigenvalue weighted by atomic mass is 19.4. The lowest BCUT2D eigenvalue weighted by Gasteiger charge is -2.39. The molecule has 2 N–H and O–H groups in total. The highest BCUT2D eigenvalue weighted by Gasteiger charge is 2.31. The maximum atomic E-state index is 12.8. The molecule has 1 aromatic heterocycles. The predicted molar refractivity (Wildman–Crippen MR) is 116 cm³/mol. The number of aromatic nitrogens is 2. The van der Waals surface area contributed by atoms with Gasteiger partial charge in [-0.05, 0) is 36.9 Å². The number of amides is 1. The van der Waals surface area contributed by atoms with Crippen LogP contribution in [0, 0.1) is 0 Å². The number of hydrogen-bond donors (Lipinski definition) is 2. The molecule has 0 saturated carbocycles. The number of piperazine rings is 1. The Bertz CT molecular complexity index is 1030. The zero-order valence-electron chi connectivity index (χ0n) is 17.8. The number of H-pyrrole nitrogens is 1. The van der Waals surface area contributed by atoms with Crippen LogP contribution in [0.1, 0.15) is 23.0 Å². The molecule has 4 rings (SSSR count). The molecule has 1 atom stereocenters. The van der Waals surface area contributed by atoms with E-state index in [1.165, 1.54) is 12.1 Å². The summed E-state index contributed by atoms with van der Waals surface area (Å²) in [6, 6.07) is 13.0. The molecule has 0 unspecified atom stereocenters. The van der Waals surface area contributed by atoms with Crippen molar-refractivity contribution in [3.8, 4) is 0 Å². The second kappa shape index (κ2) is 9.30. The number of alkyl halides is 3. The van der Waals surface area contributed by atoms with Gasteiger partial charge in [-0.3, -0.25) is 14.6 Å². The molecule has 9 heteroatoms. The van der Waals surface area contributed by atoms with E-state index in [-0.39, 0.29) is 18.5 Å². The minimum atomic E-state index is -4.34. The number of para-hydroxylation sites is 2. The smallest absolute Gasteiger partial charge is 0.355 e. The highest BCUT2D eigenvalue weighted by Crippen LogP contribution is 2.31. The Morgan fingerprint density at radius 1 is 1.16 bits per heavy atom. The van der Waals surface area contributed by atoms with Crippen molar-refractivity contribution in [1.82, 2.24) is 25.1 Å². The third-order valence-electron chi connectivity index (χ3n) is 5.84. The monoisotopic (exact) mass is 445 g/mol. The summed E-state index contributed by atoms with van der Waals surface area (Å²) < 4.78 is 38.5. The standard InChI is InChI=1S/C23H26F3N5O/c1-30-12-13-31(14-20(30)16-6-8-17(9-7-16)23(24,25)26)15-22(32)27-11-10-21-28-18-4-2-3-5-19(18)29-21/h2-9,20H,10-15H2,1H3,(H,27,32)(H,28,29)/t20-/m0/s1. The first-order chi connectivity index (χ1) is 15.3. The fourth-order valence-electron chi connectivity index (χ4n) is 4.03. The zero-order chi connectivity index (χ0) is 22.7. The maximum absolute atomic E-state index is 12.8. The van der Waals surface area contributed by atoms with E-state index in [4.69, 9.17) is 0 Å². The van der Waals surface area contributed by atoms with E-state index in [1.54, 1.807) is 0 Å². The van der Waals surface area contributed by atoms with Gasteiger partial charge >= 0.3 is 6.18 Å². The predicted octanol–water partition coefficient (Wildman–Crippen LogP) is 3.23. The molecule has 3 aromatic rings. The minimum absolute atomic E-state index is 0.0608. The molecule has 170 valence electrons. The Hall–Kier alpha value is -2.91. The lowest BCUT2D eigenvalue weighted by atomic mass is 10.0. The topological polar surface area (TPSA) is 64.3 Å². The Labute approximate surface area is 184 Å². The number of hydrogen-bond acceptors (Lipinski definition) is 4. The summed E-state index contributed by atoms with van der Waals surface area (Å²) in [7, 11) is 1.95. The van der Waals surface area contributed by atoms with Crippen LogP contribution in [-0.2, 0) is 17.4 Å². The summed E-state index contributed by atoms with van der Waals surface area (Å²) in [6.07, 6.45) is -3.74. The van der Waals surface area contributed by atoms with Crippen molar-refractivity contribution >= 4 is 16.9 Å². The number of halogens is 3. The number of fused-ring (bicyclic) bond motifs is 1. The number of carbonyl (C=O) groups is 1. The van der Waals surface area contributed by atoms with E-state index in [0.717, 1.165) is 47.6 Å². The number of carbonyl (C=O) groups excluding carboxylic acids is 1. The molecule has 1 aliphatic heterocycles. The van der Waals surface area contributed by atoms with Gasteiger partial charge in [0.25, 0.3) is 0 Å². The Kier molecular flexibility index (Phi) is 6.48. The molecule has 1 amide bonds. The zero-order valence-corrected chi connectivity index (χ0v) is 17.8. The molecule has 32 heavy (non-hydrogen) atoms. The SMILES string of the molecule is CN1CCN(CC(=O)NCCc2nc3ccccc3[nH]2)C[C@H]1c1ccc(C(F)(F)F)cc1. The van der Waals surface area contributed by atoms with E-state index < -0.39 is 11.7 Å². The first-order valence-electron chi connectivity index (χ1n) is 10.6. The van der Waals surface area contributed by atoms with Gasteiger partial charge in [0, 0.05) is 38.6 Å². The Morgan fingerprint density at radius 3 is 2.62 bits per heavy atom. The van der Waals surface area contributed by atoms with Crippen molar-refractivity contribution in [3.05, 3.63) is 65.5 Å². The molecule has 2 heterocycles. The summed E-state index contributed by atoms with van der Waals surface area (Å²) in [6.45, 7) is 2.78. The molecular formula is C23H26F3N5O. The van der Waals surface area contributed by atoms with Crippen LogP contribution in [0.3, 0.4) is 0 Å². The Balaban J connectivity index is 1.28. The molecule has 1 fully saturated rings. The summed E-state index contributed by atoms with van der Waals surface area (Å²) in [5.74, 6) is 0.755. The van der Waals surface area contributed by atoms with Gasteiger partial charge in [-0.15, -0.1) is 0 Å². The van der Waals surface area contributed by atoms with Crippen LogP contribution in [0.4, 0.5) is 13.2 Å². The van der Waals surface area contributed by atoms with Crippen molar-refractivity contribution < 1.29 is 18.0 Å². The van der Waals surface area contributed by atoms with E-state index >= 15 is 0 Å². The van der Waals surface area contributed by atoms with E-state index in [9.17, 15) is 18.0 Å². The van der Waals surface area contributed by atoms with Gasteiger partial charge in [-0.25, -0.2) is 4.98 Å². The maximum Gasteiger partial charge on any atom is 0.416 e. The quantitative estimate of drug-likeness (QED) is 0.612. The third kappa shape index (κ3) is 5.28. The van der Waals surface area contributed by atoms with E-state index in [0.29, 0.717) is 19.5 Å². The van der Waals surface area contributed by atoms with Crippen LogP contribution in [0.15, 0.2) is 48.5 Å². The molecule has 0 aliphatic carbocycles. The number of likely N-dealkylation sites (N-methyl/N-ethyl adjacent to an activating group) is 1. The van der Waals surface area contributed by atoms with Crippen molar-refractivity contribution in [2.24, 2.45) is 0 Å². The van der Waals surface area contributed by atoms with Gasteiger partial charge in [0.1, 0.15) is 5.82 Å². The molecule has 1 saturated heterocycles. The number of benzene rings is 2. The van der Waals surface area contributed by atoms with Crippen molar-refractivity contribution in [2.75, 3.05) is 39.8 Å². The van der Waals surface area contributed by atoms with Crippen LogP contribution in [0.5, 0.6) is 0 Å². The van der Waals surface area contributed by atoms with Gasteiger partial charge in [-0.2, -0.15) is 13.2 Å². The van der Waals surface area contributed by atoms with Crippen LogP contribution in [0.25, 0.3) is 11.0 Å². The second-order valence-corrected chi connectivity index (χ2v) is 8.15. The fraction of sp³-hybridized carbons (Fsp3) is 0.391. The van der Waals surface area contributed by atoms with Crippen molar-refractivity contribution in [3.63, 3.8) is 0 Å². The minimum Gasteiger partial charge on any atom is -0.355 e. The summed E-state index contributed by atoms with van der Waals surface area (Å²) in [5, 5.41) is 2.93. The van der Waals surface area contributed by atoms with Crippen molar-refractivity contribution in [2.45, 2.75) is 18.6 Å². The van der Waals surface area contributed by atoms with Gasteiger partial charge in [0.2, 0.25) is 5.91 Å². The fourth-order valence-corrected chi connectivity index (χ4v) is 4.03. The molecule has 0 spiro atoms. The Morgan fingerprint density at radius 2 is 1.91 bits per heavy atom. The molecule has 0 bridgehead atoms. The van der Waals surface area contributed by atoms with Crippen molar-refractivity contribution in [1.29, 1.82) is 0 Å². The van der Waals surface area contributed by atoms with Crippen LogP contribution in [0.2, 0.25) is 0 Å². The number of aromatic amines is 1. The number of nitrogens with one attached hydrogen (secondary N) is 2. The van der Waals surface area contributed by atoms with Gasteiger partial charge in [0.05, 0.1) is 23.1 Å².